The summed E-state index contributed by atoms with van der Waals surface area (Å²) in [5.41, 5.74) is 2.58. The third-order valence-corrected chi connectivity index (χ3v) is 4.64. The topological polar surface area (TPSA) is 12.9 Å². The van der Waals surface area contributed by atoms with E-state index >= 15 is 0 Å². The van der Waals surface area contributed by atoms with Crippen LogP contribution in [0.3, 0.4) is 0 Å². The first-order valence-electron chi connectivity index (χ1n) is 5.79. The fourth-order valence-corrected chi connectivity index (χ4v) is 3.55. The van der Waals surface area contributed by atoms with Gasteiger partial charge in [-0.3, -0.25) is 0 Å². The Labute approximate surface area is 115 Å². The monoisotopic (exact) mass is 309 g/mol. The number of rotatable bonds is 4. The maximum absolute atomic E-state index is 4.76. The molecule has 2 rings (SSSR count). The van der Waals surface area contributed by atoms with Crippen molar-refractivity contribution in [1.82, 2.24) is 4.98 Å². The van der Waals surface area contributed by atoms with E-state index < -0.39 is 0 Å². The molecule has 0 radical (unpaired) electrons. The van der Waals surface area contributed by atoms with Gasteiger partial charge in [0, 0.05) is 16.6 Å². The highest BCUT2D eigenvalue weighted by Crippen LogP contribution is 2.28. The zero-order valence-electron chi connectivity index (χ0n) is 10.1. The Morgan fingerprint density at radius 3 is 2.47 bits per heavy atom. The molecule has 2 aromatic rings. The van der Waals surface area contributed by atoms with E-state index in [1.165, 1.54) is 21.1 Å². The van der Waals surface area contributed by atoms with Crippen molar-refractivity contribution >= 4 is 27.3 Å². The van der Waals surface area contributed by atoms with Gasteiger partial charge in [0.1, 0.15) is 0 Å². The van der Waals surface area contributed by atoms with Crippen LogP contribution in [0.2, 0.25) is 0 Å². The van der Waals surface area contributed by atoms with Gasteiger partial charge in [0.05, 0.1) is 10.7 Å². The number of thiazole rings is 1. The lowest BCUT2D eigenvalue weighted by Gasteiger charge is -2.01. The minimum atomic E-state index is 0.503. The molecule has 0 bridgehead atoms. The molecule has 0 saturated heterocycles. The highest BCUT2D eigenvalue weighted by molar-refractivity contribution is 9.08. The Bertz CT molecular complexity index is 476. The van der Waals surface area contributed by atoms with Crippen molar-refractivity contribution in [2.75, 3.05) is 0 Å². The highest BCUT2D eigenvalue weighted by Gasteiger charge is 2.13. The molecule has 0 saturated carbocycles. The van der Waals surface area contributed by atoms with Crippen LogP contribution in [0.4, 0.5) is 0 Å². The minimum Gasteiger partial charge on any atom is -0.245 e. The Morgan fingerprint density at radius 2 is 1.94 bits per heavy atom. The lowest BCUT2D eigenvalue weighted by Crippen LogP contribution is -1.92. The maximum Gasteiger partial charge on any atom is 0.0975 e. The molecule has 90 valence electrons. The molecule has 1 aromatic heterocycles. The molecule has 0 amide bonds. The predicted molar refractivity (Wildman–Crippen MR) is 78.1 cm³/mol. The number of hydrogen-bond acceptors (Lipinski definition) is 2. The summed E-state index contributed by atoms with van der Waals surface area (Å²) in [6.07, 6.45) is 0.943. The third kappa shape index (κ3) is 3.17. The molecule has 0 N–H and O–H groups in total. The molecule has 1 heterocycles. The van der Waals surface area contributed by atoms with Crippen molar-refractivity contribution in [2.45, 2.75) is 31.5 Å². The first-order chi connectivity index (χ1) is 8.20. The van der Waals surface area contributed by atoms with E-state index in [1.54, 1.807) is 0 Å². The molecule has 3 heteroatoms. The van der Waals surface area contributed by atoms with Gasteiger partial charge in [-0.05, 0) is 11.5 Å². The van der Waals surface area contributed by atoms with Crippen molar-refractivity contribution in [2.24, 2.45) is 0 Å². The first kappa shape index (κ1) is 12.8. The van der Waals surface area contributed by atoms with Gasteiger partial charge in [0.15, 0.2) is 0 Å². The normalized spacial score (nSPS) is 11.1. The fourth-order valence-electron chi connectivity index (χ4n) is 1.81. The number of hydrogen-bond donors (Lipinski definition) is 0. The van der Waals surface area contributed by atoms with Crippen LogP contribution in [0.1, 0.15) is 40.9 Å². The van der Waals surface area contributed by atoms with Gasteiger partial charge in [-0.2, -0.15) is 0 Å². The number of halogens is 1. The Hall–Kier alpha value is -0.670. The highest BCUT2D eigenvalue weighted by atomic mass is 79.9. The van der Waals surface area contributed by atoms with E-state index in [9.17, 15) is 0 Å². The van der Waals surface area contributed by atoms with Crippen molar-refractivity contribution in [3.05, 3.63) is 51.5 Å². The summed E-state index contributed by atoms with van der Waals surface area (Å²) in [5.74, 6) is 0.503. The van der Waals surface area contributed by atoms with Crippen LogP contribution in [0.5, 0.6) is 0 Å². The third-order valence-electron chi connectivity index (χ3n) is 2.64. The molecule has 0 atom stereocenters. The van der Waals surface area contributed by atoms with E-state index in [2.05, 4.69) is 60.1 Å². The Balaban J connectivity index is 2.23. The molecular weight excluding hydrogens is 294 g/mol. The lowest BCUT2D eigenvalue weighted by atomic mass is 10.1. The van der Waals surface area contributed by atoms with Gasteiger partial charge in [0.2, 0.25) is 0 Å². The summed E-state index contributed by atoms with van der Waals surface area (Å²) in [5, 5.41) is 2.13. The molecular formula is C14H16BrNS. The van der Waals surface area contributed by atoms with Gasteiger partial charge >= 0.3 is 0 Å². The Morgan fingerprint density at radius 1 is 1.24 bits per heavy atom. The quantitative estimate of drug-likeness (QED) is 0.743. The van der Waals surface area contributed by atoms with E-state index in [0.717, 1.165) is 11.8 Å². The standard InChI is InChI=1S/C14H16BrNS/c1-10(2)14-12(9-15)17-13(16-14)8-11-6-4-3-5-7-11/h3-7,10H,8-9H2,1-2H3. The second-order valence-electron chi connectivity index (χ2n) is 4.37. The van der Waals surface area contributed by atoms with Crippen LogP contribution < -0.4 is 0 Å². The van der Waals surface area contributed by atoms with Crippen molar-refractivity contribution in [1.29, 1.82) is 0 Å². The van der Waals surface area contributed by atoms with Crippen LogP contribution in [-0.2, 0) is 11.8 Å². The molecule has 17 heavy (non-hydrogen) atoms. The van der Waals surface area contributed by atoms with E-state index in [0.29, 0.717) is 5.92 Å². The zero-order valence-corrected chi connectivity index (χ0v) is 12.5. The average Bonchev–Trinajstić information content (AvgIpc) is 2.73. The summed E-state index contributed by atoms with van der Waals surface area (Å²) in [6.45, 7) is 4.40. The second-order valence-corrected chi connectivity index (χ2v) is 6.10. The smallest absolute Gasteiger partial charge is 0.0975 e. The van der Waals surface area contributed by atoms with Crippen molar-refractivity contribution in [3.63, 3.8) is 0 Å². The van der Waals surface area contributed by atoms with Crippen LogP contribution in [0.15, 0.2) is 30.3 Å². The molecule has 0 unspecified atom stereocenters. The number of benzene rings is 1. The fraction of sp³-hybridized carbons (Fsp3) is 0.357. The predicted octanol–water partition coefficient (Wildman–Crippen LogP) is 4.75. The lowest BCUT2D eigenvalue weighted by molar-refractivity contribution is 0.816. The van der Waals surface area contributed by atoms with E-state index in [1.807, 2.05) is 11.3 Å². The minimum absolute atomic E-state index is 0.503. The molecule has 0 aliphatic carbocycles. The molecule has 0 aliphatic heterocycles. The van der Waals surface area contributed by atoms with Crippen LogP contribution >= 0.6 is 27.3 Å². The van der Waals surface area contributed by atoms with Crippen LogP contribution in [0.25, 0.3) is 0 Å². The second kappa shape index (κ2) is 5.78. The zero-order chi connectivity index (χ0) is 12.3. The molecule has 0 fully saturated rings. The van der Waals surface area contributed by atoms with Gasteiger partial charge < -0.3 is 0 Å². The summed E-state index contributed by atoms with van der Waals surface area (Å²) in [4.78, 5) is 6.13. The Kier molecular flexibility index (Phi) is 4.35. The summed E-state index contributed by atoms with van der Waals surface area (Å²) >= 11 is 5.37. The van der Waals surface area contributed by atoms with Crippen molar-refractivity contribution < 1.29 is 0 Å². The van der Waals surface area contributed by atoms with Crippen molar-refractivity contribution in [3.8, 4) is 0 Å². The summed E-state index contributed by atoms with van der Waals surface area (Å²) in [7, 11) is 0. The molecule has 1 nitrogen and oxygen atoms in total. The van der Waals surface area contributed by atoms with E-state index in [4.69, 9.17) is 4.98 Å². The summed E-state index contributed by atoms with van der Waals surface area (Å²) < 4.78 is 0. The SMILES string of the molecule is CC(C)c1nc(Cc2ccccc2)sc1CBr. The first-order valence-corrected chi connectivity index (χ1v) is 7.73. The molecule has 0 aliphatic rings. The average molecular weight is 310 g/mol. The van der Waals surface area contributed by atoms with E-state index in [-0.39, 0.29) is 0 Å². The van der Waals surface area contributed by atoms with Gasteiger partial charge in [-0.15, -0.1) is 11.3 Å². The number of alkyl halides is 1. The van der Waals surface area contributed by atoms with Crippen LogP contribution in [0, 0.1) is 0 Å². The largest absolute Gasteiger partial charge is 0.245 e. The summed E-state index contributed by atoms with van der Waals surface area (Å²) in [6, 6.07) is 10.5. The van der Waals surface area contributed by atoms with Gasteiger partial charge in [-0.1, -0.05) is 60.1 Å². The maximum atomic E-state index is 4.76. The number of nitrogens with zero attached hydrogens (tertiary/aromatic N) is 1. The van der Waals surface area contributed by atoms with Crippen LogP contribution in [-0.4, -0.2) is 4.98 Å². The van der Waals surface area contributed by atoms with Gasteiger partial charge in [0.25, 0.3) is 0 Å². The van der Waals surface area contributed by atoms with Gasteiger partial charge in [-0.25, -0.2) is 4.98 Å². The number of aromatic nitrogens is 1. The molecule has 1 aromatic carbocycles. The molecule has 0 spiro atoms.